The van der Waals surface area contributed by atoms with Crippen molar-refractivity contribution in [3.05, 3.63) is 52.8 Å². The van der Waals surface area contributed by atoms with Crippen molar-refractivity contribution < 1.29 is 19.4 Å². The van der Waals surface area contributed by atoms with Crippen LogP contribution >= 0.6 is 11.6 Å². The molecule has 2 aromatic rings. The number of carbonyl (C=O) groups excluding carboxylic acids is 1. The highest BCUT2D eigenvalue weighted by molar-refractivity contribution is 6.34. The number of carbonyl (C=O) groups is 1. The van der Waals surface area contributed by atoms with Crippen LogP contribution in [-0.2, 0) is 0 Å². The van der Waals surface area contributed by atoms with Crippen LogP contribution in [0.25, 0.3) is 0 Å². The monoisotopic (exact) mass is 281 g/mol. The van der Waals surface area contributed by atoms with E-state index in [1.54, 1.807) is 0 Å². The predicted octanol–water partition coefficient (Wildman–Crippen LogP) is 3.14. The van der Waals surface area contributed by atoms with Gasteiger partial charge in [-0.2, -0.15) is 0 Å². The Morgan fingerprint density at radius 1 is 1.11 bits per heavy atom. The molecule has 0 bridgehead atoms. The Morgan fingerprint density at radius 3 is 2.42 bits per heavy atom. The molecule has 3 N–H and O–H groups in total. The molecule has 2 aromatic carbocycles. The highest BCUT2D eigenvalue weighted by atomic mass is 35.5. The molecule has 98 valence electrons. The number of phenols is 2. The fourth-order valence-corrected chi connectivity index (χ4v) is 1.69. The van der Waals surface area contributed by atoms with Crippen LogP contribution in [0.15, 0.2) is 36.4 Å². The van der Waals surface area contributed by atoms with E-state index in [0.29, 0.717) is 0 Å². The first-order valence-electron chi connectivity index (χ1n) is 5.26. The summed E-state index contributed by atoms with van der Waals surface area (Å²) in [6.45, 7) is 0. The van der Waals surface area contributed by atoms with E-state index in [1.807, 2.05) is 0 Å². The maximum atomic E-state index is 13.4. The van der Waals surface area contributed by atoms with Crippen LogP contribution in [0.4, 0.5) is 10.1 Å². The second-order valence-electron chi connectivity index (χ2n) is 3.78. The Kier molecular flexibility index (Phi) is 3.57. The summed E-state index contributed by atoms with van der Waals surface area (Å²) in [5.41, 5.74) is -0.0728. The average Bonchev–Trinajstić information content (AvgIpc) is 2.35. The van der Waals surface area contributed by atoms with Gasteiger partial charge < -0.3 is 15.5 Å². The summed E-state index contributed by atoms with van der Waals surface area (Å²) in [6, 6.07) is 7.21. The van der Waals surface area contributed by atoms with E-state index >= 15 is 0 Å². The van der Waals surface area contributed by atoms with Crippen molar-refractivity contribution in [3.63, 3.8) is 0 Å². The normalized spacial score (nSPS) is 10.2. The van der Waals surface area contributed by atoms with E-state index < -0.39 is 11.7 Å². The zero-order valence-electron chi connectivity index (χ0n) is 9.52. The number of nitrogens with one attached hydrogen (secondary N) is 1. The van der Waals surface area contributed by atoms with Crippen molar-refractivity contribution in [1.82, 2.24) is 0 Å². The highest BCUT2D eigenvalue weighted by Crippen LogP contribution is 2.24. The molecule has 0 fully saturated rings. The van der Waals surface area contributed by atoms with Gasteiger partial charge in [0.1, 0.15) is 17.3 Å². The standard InChI is InChI=1S/C13H9ClFNO3/c14-10-3-1-7(17)5-9(10)13(19)16-12-4-2-8(18)6-11(12)15/h1-6,17-18H,(H,16,19). The Bertz CT molecular complexity index is 646. The summed E-state index contributed by atoms with van der Waals surface area (Å²) in [6.07, 6.45) is 0. The minimum absolute atomic E-state index is 0.0224. The van der Waals surface area contributed by atoms with Gasteiger partial charge in [-0.15, -0.1) is 0 Å². The Balaban J connectivity index is 2.28. The number of hydrogen-bond donors (Lipinski definition) is 3. The van der Waals surface area contributed by atoms with Gasteiger partial charge in [0.2, 0.25) is 0 Å². The lowest BCUT2D eigenvalue weighted by atomic mass is 10.2. The molecule has 0 saturated heterocycles. The summed E-state index contributed by atoms with van der Waals surface area (Å²) in [7, 11) is 0. The number of anilines is 1. The van der Waals surface area contributed by atoms with Gasteiger partial charge in [0.15, 0.2) is 0 Å². The van der Waals surface area contributed by atoms with Gasteiger partial charge in [-0.05, 0) is 30.3 Å². The van der Waals surface area contributed by atoms with Gasteiger partial charge >= 0.3 is 0 Å². The van der Waals surface area contributed by atoms with E-state index in [9.17, 15) is 14.3 Å². The van der Waals surface area contributed by atoms with Gasteiger partial charge in [0.25, 0.3) is 5.91 Å². The third-order valence-corrected chi connectivity index (χ3v) is 2.73. The number of amides is 1. The predicted molar refractivity (Wildman–Crippen MR) is 69.1 cm³/mol. The van der Waals surface area contributed by atoms with Gasteiger partial charge in [0.05, 0.1) is 16.3 Å². The van der Waals surface area contributed by atoms with Gasteiger partial charge in [-0.25, -0.2) is 4.39 Å². The van der Waals surface area contributed by atoms with Crippen molar-refractivity contribution in [2.75, 3.05) is 5.32 Å². The SMILES string of the molecule is O=C(Nc1ccc(O)cc1F)c1cc(O)ccc1Cl. The molecule has 0 heterocycles. The largest absolute Gasteiger partial charge is 0.508 e. The van der Waals surface area contributed by atoms with E-state index in [2.05, 4.69) is 5.32 Å². The number of hydrogen-bond acceptors (Lipinski definition) is 3. The molecular weight excluding hydrogens is 273 g/mol. The molecule has 2 rings (SSSR count). The topological polar surface area (TPSA) is 69.6 Å². The third-order valence-electron chi connectivity index (χ3n) is 2.40. The number of aromatic hydroxyl groups is 2. The maximum absolute atomic E-state index is 13.4. The quantitative estimate of drug-likeness (QED) is 0.741. The number of rotatable bonds is 2. The van der Waals surface area contributed by atoms with Crippen LogP contribution in [0.2, 0.25) is 5.02 Å². The lowest BCUT2D eigenvalue weighted by Crippen LogP contribution is -2.13. The summed E-state index contributed by atoms with van der Waals surface area (Å²) < 4.78 is 13.4. The fourth-order valence-electron chi connectivity index (χ4n) is 1.48. The molecule has 0 aliphatic carbocycles. The highest BCUT2D eigenvalue weighted by Gasteiger charge is 2.13. The van der Waals surface area contributed by atoms with Gasteiger partial charge in [-0.1, -0.05) is 11.6 Å². The summed E-state index contributed by atoms with van der Waals surface area (Å²) in [4.78, 5) is 11.9. The van der Waals surface area contributed by atoms with Crippen molar-refractivity contribution in [1.29, 1.82) is 0 Å². The van der Waals surface area contributed by atoms with Crippen LogP contribution in [0.3, 0.4) is 0 Å². The summed E-state index contributed by atoms with van der Waals surface area (Å²) >= 11 is 5.82. The molecular formula is C13H9ClFNO3. The molecule has 0 radical (unpaired) electrons. The Hall–Kier alpha value is -2.27. The second-order valence-corrected chi connectivity index (χ2v) is 4.19. The third kappa shape index (κ3) is 2.95. The molecule has 0 unspecified atom stereocenters. The molecule has 0 aliphatic heterocycles. The molecule has 4 nitrogen and oxygen atoms in total. The van der Waals surface area contributed by atoms with Crippen LogP contribution in [0.5, 0.6) is 11.5 Å². The first kappa shape index (κ1) is 13.2. The number of benzene rings is 2. The second kappa shape index (κ2) is 5.16. The molecule has 0 aliphatic rings. The van der Waals surface area contributed by atoms with Crippen LogP contribution in [0.1, 0.15) is 10.4 Å². The van der Waals surface area contributed by atoms with Crippen LogP contribution in [-0.4, -0.2) is 16.1 Å². The maximum Gasteiger partial charge on any atom is 0.257 e. The minimum atomic E-state index is -0.773. The number of halogens is 2. The fraction of sp³-hybridized carbons (Fsp3) is 0. The lowest BCUT2D eigenvalue weighted by Gasteiger charge is -2.08. The average molecular weight is 282 g/mol. The molecule has 6 heteroatoms. The minimum Gasteiger partial charge on any atom is -0.508 e. The molecule has 19 heavy (non-hydrogen) atoms. The Morgan fingerprint density at radius 2 is 1.74 bits per heavy atom. The summed E-state index contributed by atoms with van der Waals surface area (Å²) in [5, 5.41) is 20.8. The van der Waals surface area contributed by atoms with Crippen molar-refractivity contribution in [2.45, 2.75) is 0 Å². The molecule has 0 spiro atoms. The van der Waals surface area contributed by atoms with E-state index in [0.717, 1.165) is 6.07 Å². The van der Waals surface area contributed by atoms with E-state index in [-0.39, 0.29) is 27.8 Å². The first-order chi connectivity index (χ1) is 8.97. The lowest BCUT2D eigenvalue weighted by molar-refractivity contribution is 0.102. The van der Waals surface area contributed by atoms with Crippen molar-refractivity contribution in [3.8, 4) is 11.5 Å². The zero-order chi connectivity index (χ0) is 14.0. The summed E-state index contributed by atoms with van der Waals surface area (Å²) in [5.74, 6) is -1.80. The molecule has 0 atom stereocenters. The van der Waals surface area contributed by atoms with Gasteiger partial charge in [0, 0.05) is 6.07 Å². The van der Waals surface area contributed by atoms with Crippen molar-refractivity contribution >= 4 is 23.2 Å². The Labute approximate surface area is 113 Å². The molecule has 1 amide bonds. The van der Waals surface area contributed by atoms with E-state index in [1.165, 1.54) is 30.3 Å². The molecule has 0 saturated carbocycles. The smallest absolute Gasteiger partial charge is 0.257 e. The first-order valence-corrected chi connectivity index (χ1v) is 5.63. The number of phenolic OH excluding ortho intramolecular Hbond substituents is 2. The van der Waals surface area contributed by atoms with Crippen LogP contribution < -0.4 is 5.32 Å². The van der Waals surface area contributed by atoms with Crippen molar-refractivity contribution in [2.24, 2.45) is 0 Å². The zero-order valence-corrected chi connectivity index (χ0v) is 10.3. The van der Waals surface area contributed by atoms with E-state index in [4.69, 9.17) is 16.7 Å². The molecule has 0 aromatic heterocycles. The van der Waals surface area contributed by atoms with Gasteiger partial charge in [-0.3, -0.25) is 4.79 Å². The van der Waals surface area contributed by atoms with Crippen LogP contribution in [0, 0.1) is 5.82 Å².